The van der Waals surface area contributed by atoms with Gasteiger partial charge in [0.2, 0.25) is 5.92 Å². The highest BCUT2D eigenvalue weighted by molar-refractivity contribution is 6.42. The molecule has 2 aromatic carbocycles. The molecule has 0 unspecified atom stereocenters. The van der Waals surface area contributed by atoms with Gasteiger partial charge in [-0.05, 0) is 62.1 Å². The van der Waals surface area contributed by atoms with E-state index in [4.69, 9.17) is 60.9 Å². The van der Waals surface area contributed by atoms with Crippen LogP contribution in [-0.2, 0) is 31.9 Å². The average molecular weight is 555 g/mol. The molecule has 0 atom stereocenters. The number of aromatic nitrogens is 1. The van der Waals surface area contributed by atoms with Crippen molar-refractivity contribution in [3.8, 4) is 11.3 Å². The van der Waals surface area contributed by atoms with Gasteiger partial charge in [-0.25, -0.2) is 4.98 Å². The first-order chi connectivity index (χ1) is 16.7. The second-order valence-electron chi connectivity index (χ2n) is 7.82. The minimum Gasteiger partial charge on any atom is -0.465 e. The van der Waals surface area contributed by atoms with Crippen molar-refractivity contribution in [2.45, 2.75) is 26.7 Å². The minimum absolute atomic E-state index is 0.0124. The van der Waals surface area contributed by atoms with E-state index in [0.29, 0.717) is 50.6 Å². The molecule has 1 aromatic heterocycles. The third-order valence-electron chi connectivity index (χ3n) is 5.71. The van der Waals surface area contributed by atoms with Gasteiger partial charge >= 0.3 is 11.9 Å². The molecule has 0 bridgehead atoms. The molecule has 0 fully saturated rings. The van der Waals surface area contributed by atoms with Gasteiger partial charge in [-0.1, -0.05) is 46.4 Å². The summed E-state index contributed by atoms with van der Waals surface area (Å²) in [4.78, 5) is 44.2. The number of aryl methyl sites for hydroxylation is 1. The number of rotatable bonds is 6. The molecule has 1 aliphatic rings. The smallest absolute Gasteiger partial charge is 0.328 e. The number of Topliss-reactive ketones (excluding diaryl/α,β-unsaturated/α-hetero) is 1. The number of hydrogen-bond acceptors (Lipinski definition) is 6. The van der Waals surface area contributed by atoms with Crippen LogP contribution in [0.1, 0.15) is 35.3 Å². The normalized spacial score (nSPS) is 12.3. The summed E-state index contributed by atoms with van der Waals surface area (Å²) in [6.07, 6.45) is 0.928. The van der Waals surface area contributed by atoms with Gasteiger partial charge in [0.05, 0.1) is 39.5 Å². The molecule has 1 aliphatic carbocycles. The Morgan fingerprint density at radius 3 is 2.14 bits per heavy atom. The Hall–Kier alpha value is -2.38. The Kier molecular flexibility index (Phi) is 7.57. The fourth-order valence-corrected chi connectivity index (χ4v) is 5.14. The SMILES string of the molecule is CCOC(=O)C(C(=O)OCC)C(=O)c1c2c(nc3c(Cl)cc(Cl)cc13)-c1cc(Cl)c(Cl)cc1CC2. The minimum atomic E-state index is -1.81. The quantitative estimate of drug-likeness (QED) is 0.195. The summed E-state index contributed by atoms with van der Waals surface area (Å²) in [5.74, 6) is -4.56. The Morgan fingerprint density at radius 1 is 0.886 bits per heavy atom. The van der Waals surface area contributed by atoms with Crippen molar-refractivity contribution in [1.82, 2.24) is 4.98 Å². The van der Waals surface area contributed by atoms with E-state index in [1.165, 1.54) is 6.07 Å². The molecular formula is C25H19Cl4NO5. The van der Waals surface area contributed by atoms with Crippen LogP contribution in [0.15, 0.2) is 24.3 Å². The van der Waals surface area contributed by atoms with E-state index in [1.54, 1.807) is 32.0 Å². The van der Waals surface area contributed by atoms with Crippen molar-refractivity contribution < 1.29 is 23.9 Å². The van der Waals surface area contributed by atoms with Crippen molar-refractivity contribution >= 4 is 75.0 Å². The second-order valence-corrected chi connectivity index (χ2v) is 9.48. The number of ether oxygens (including phenoxy) is 2. The van der Waals surface area contributed by atoms with Crippen molar-refractivity contribution in [2.24, 2.45) is 5.92 Å². The molecule has 4 rings (SSSR count). The Balaban J connectivity index is 2.05. The molecule has 0 radical (unpaired) electrons. The van der Waals surface area contributed by atoms with Crippen molar-refractivity contribution in [2.75, 3.05) is 13.2 Å². The topological polar surface area (TPSA) is 82.6 Å². The lowest BCUT2D eigenvalue weighted by atomic mass is 9.82. The van der Waals surface area contributed by atoms with E-state index in [1.807, 2.05) is 0 Å². The van der Waals surface area contributed by atoms with Crippen molar-refractivity contribution in [1.29, 1.82) is 0 Å². The van der Waals surface area contributed by atoms with Crippen LogP contribution in [0.4, 0.5) is 0 Å². The van der Waals surface area contributed by atoms with E-state index in [9.17, 15) is 14.4 Å². The molecule has 3 aromatic rings. The standard InChI is InChI=1S/C25H19Cl4NO5/c1-3-34-24(32)20(25(33)35-4-2)23(31)19-13-6-5-11-7-16(27)17(28)10-14(11)21(13)30-22-15(19)8-12(26)9-18(22)29/h7-10,20H,3-6H2,1-2H3. The highest BCUT2D eigenvalue weighted by Gasteiger charge is 2.40. The second kappa shape index (κ2) is 10.3. The molecule has 10 heteroatoms. The lowest BCUT2D eigenvalue weighted by molar-refractivity contribution is -0.158. The first-order valence-corrected chi connectivity index (χ1v) is 12.4. The molecular weight excluding hydrogens is 536 g/mol. The molecule has 0 saturated carbocycles. The zero-order valence-corrected chi connectivity index (χ0v) is 21.7. The van der Waals surface area contributed by atoms with E-state index in [2.05, 4.69) is 0 Å². The summed E-state index contributed by atoms with van der Waals surface area (Å²) in [5.41, 5.74) is 3.02. The first-order valence-electron chi connectivity index (χ1n) is 10.8. The highest BCUT2D eigenvalue weighted by atomic mass is 35.5. The summed E-state index contributed by atoms with van der Waals surface area (Å²) in [5, 5.41) is 1.54. The summed E-state index contributed by atoms with van der Waals surface area (Å²) in [7, 11) is 0. The van der Waals surface area contributed by atoms with Crippen molar-refractivity contribution in [3.63, 3.8) is 0 Å². The number of esters is 2. The number of hydrogen-bond donors (Lipinski definition) is 0. The summed E-state index contributed by atoms with van der Waals surface area (Å²) >= 11 is 25.3. The van der Waals surface area contributed by atoms with Crippen LogP contribution >= 0.6 is 46.4 Å². The summed E-state index contributed by atoms with van der Waals surface area (Å²) < 4.78 is 10.1. The molecule has 1 heterocycles. The van der Waals surface area contributed by atoms with Crippen LogP contribution in [-0.4, -0.2) is 35.9 Å². The van der Waals surface area contributed by atoms with Gasteiger partial charge < -0.3 is 9.47 Å². The van der Waals surface area contributed by atoms with E-state index in [-0.39, 0.29) is 28.8 Å². The number of benzene rings is 2. The molecule has 35 heavy (non-hydrogen) atoms. The van der Waals surface area contributed by atoms with Crippen LogP contribution < -0.4 is 0 Å². The number of fused-ring (bicyclic) bond motifs is 4. The maximum atomic E-state index is 14.0. The lowest BCUT2D eigenvalue weighted by Gasteiger charge is -2.25. The third kappa shape index (κ3) is 4.73. The van der Waals surface area contributed by atoms with Gasteiger partial charge in [0.1, 0.15) is 0 Å². The molecule has 0 amide bonds. The Bertz CT molecular complexity index is 1370. The van der Waals surface area contributed by atoms with Crippen LogP contribution in [0.25, 0.3) is 22.2 Å². The van der Waals surface area contributed by atoms with Crippen LogP contribution in [0.2, 0.25) is 20.1 Å². The van der Waals surface area contributed by atoms with Crippen LogP contribution in [0.3, 0.4) is 0 Å². The number of ketones is 1. The third-order valence-corrected chi connectivity index (χ3v) is 6.94. The number of carbonyl (C=O) groups excluding carboxylic acids is 3. The number of carbonyl (C=O) groups is 3. The number of pyridine rings is 1. The maximum Gasteiger partial charge on any atom is 0.328 e. The fraction of sp³-hybridized carbons (Fsp3) is 0.280. The molecule has 0 N–H and O–H groups in total. The lowest BCUT2D eigenvalue weighted by Crippen LogP contribution is -2.36. The zero-order valence-electron chi connectivity index (χ0n) is 18.7. The molecule has 0 saturated heterocycles. The van der Waals surface area contributed by atoms with Crippen LogP contribution in [0, 0.1) is 5.92 Å². The fourth-order valence-electron chi connectivity index (χ4n) is 4.26. The average Bonchev–Trinajstić information content (AvgIpc) is 2.79. The van der Waals surface area contributed by atoms with Gasteiger partial charge in [0.15, 0.2) is 5.78 Å². The van der Waals surface area contributed by atoms with Gasteiger partial charge in [0, 0.05) is 21.5 Å². The number of nitrogens with zero attached hydrogens (tertiary/aromatic N) is 1. The van der Waals surface area contributed by atoms with Crippen LogP contribution in [0.5, 0.6) is 0 Å². The predicted octanol–water partition coefficient (Wildman–Crippen LogP) is 6.54. The molecule has 6 nitrogen and oxygen atoms in total. The highest BCUT2D eigenvalue weighted by Crippen LogP contribution is 2.42. The van der Waals surface area contributed by atoms with Gasteiger partial charge in [0.25, 0.3) is 0 Å². The monoisotopic (exact) mass is 553 g/mol. The Morgan fingerprint density at radius 2 is 1.51 bits per heavy atom. The summed E-state index contributed by atoms with van der Waals surface area (Å²) in [6.45, 7) is 3.14. The van der Waals surface area contributed by atoms with Gasteiger partial charge in [-0.2, -0.15) is 0 Å². The van der Waals surface area contributed by atoms with E-state index >= 15 is 0 Å². The Labute approximate surface area is 221 Å². The van der Waals surface area contributed by atoms with Gasteiger partial charge in [-0.3, -0.25) is 14.4 Å². The van der Waals surface area contributed by atoms with E-state index < -0.39 is 23.6 Å². The first kappa shape index (κ1) is 25.7. The zero-order chi connectivity index (χ0) is 25.4. The van der Waals surface area contributed by atoms with E-state index in [0.717, 1.165) is 5.56 Å². The van der Waals surface area contributed by atoms with Crippen molar-refractivity contribution in [3.05, 3.63) is 61.0 Å². The largest absolute Gasteiger partial charge is 0.465 e. The molecule has 0 spiro atoms. The molecule has 182 valence electrons. The maximum absolute atomic E-state index is 14.0. The van der Waals surface area contributed by atoms with Gasteiger partial charge in [-0.15, -0.1) is 0 Å². The predicted molar refractivity (Wildman–Crippen MR) is 136 cm³/mol. The summed E-state index contributed by atoms with van der Waals surface area (Å²) in [6, 6.07) is 6.49. The number of halogens is 4. The molecule has 0 aliphatic heterocycles.